The molecule has 0 saturated carbocycles. The Hall–Kier alpha value is -2.95. The molecule has 116 valence electrons. The number of nitrogens with zero attached hydrogens (tertiary/aromatic N) is 2. The SMILES string of the molecule is CC(C)Oc1ccccc1NC(=O)c1cc2ccccc2nn1. The Bertz CT molecular complexity index is 846. The first kappa shape index (κ1) is 15.0. The normalized spacial score (nSPS) is 10.7. The molecule has 3 aromatic rings. The number of carbonyl (C=O) groups excluding carboxylic acids is 1. The zero-order valence-corrected chi connectivity index (χ0v) is 13.0. The summed E-state index contributed by atoms with van der Waals surface area (Å²) in [5.74, 6) is 0.313. The summed E-state index contributed by atoms with van der Waals surface area (Å²) in [7, 11) is 0. The highest BCUT2D eigenvalue weighted by atomic mass is 16.5. The maximum absolute atomic E-state index is 12.4. The van der Waals surface area contributed by atoms with Crippen molar-refractivity contribution in [3.05, 3.63) is 60.3 Å². The summed E-state index contributed by atoms with van der Waals surface area (Å²) in [6.45, 7) is 3.88. The van der Waals surface area contributed by atoms with E-state index in [0.29, 0.717) is 11.4 Å². The second kappa shape index (κ2) is 6.44. The third-order valence-corrected chi connectivity index (χ3v) is 3.23. The van der Waals surface area contributed by atoms with Gasteiger partial charge in [-0.2, -0.15) is 0 Å². The maximum Gasteiger partial charge on any atom is 0.276 e. The summed E-state index contributed by atoms with van der Waals surface area (Å²) in [4.78, 5) is 12.4. The average molecular weight is 307 g/mol. The molecule has 0 bridgehead atoms. The lowest BCUT2D eigenvalue weighted by Gasteiger charge is -2.14. The summed E-state index contributed by atoms with van der Waals surface area (Å²) in [5.41, 5.74) is 1.64. The molecule has 0 atom stereocenters. The lowest BCUT2D eigenvalue weighted by atomic mass is 10.2. The third kappa shape index (κ3) is 3.45. The Morgan fingerprint density at radius 3 is 2.61 bits per heavy atom. The molecule has 0 unspecified atom stereocenters. The predicted octanol–water partition coefficient (Wildman–Crippen LogP) is 3.67. The molecule has 3 rings (SSSR count). The van der Waals surface area contributed by atoms with Gasteiger partial charge in [0.15, 0.2) is 5.69 Å². The number of anilines is 1. The van der Waals surface area contributed by atoms with Crippen molar-refractivity contribution in [3.8, 4) is 5.75 Å². The van der Waals surface area contributed by atoms with Crippen LogP contribution < -0.4 is 10.1 Å². The van der Waals surface area contributed by atoms with Crippen molar-refractivity contribution in [2.45, 2.75) is 20.0 Å². The number of hydrogen-bond acceptors (Lipinski definition) is 4. The van der Waals surface area contributed by atoms with Crippen LogP contribution in [0, 0.1) is 0 Å². The highest BCUT2D eigenvalue weighted by Gasteiger charge is 2.13. The van der Waals surface area contributed by atoms with E-state index in [1.165, 1.54) is 0 Å². The smallest absolute Gasteiger partial charge is 0.276 e. The van der Waals surface area contributed by atoms with Gasteiger partial charge >= 0.3 is 0 Å². The number of carbonyl (C=O) groups is 1. The lowest BCUT2D eigenvalue weighted by Crippen LogP contribution is -2.16. The third-order valence-electron chi connectivity index (χ3n) is 3.23. The van der Waals surface area contributed by atoms with Gasteiger partial charge in [-0.25, -0.2) is 0 Å². The summed E-state index contributed by atoms with van der Waals surface area (Å²) < 4.78 is 5.70. The first-order chi connectivity index (χ1) is 11.1. The summed E-state index contributed by atoms with van der Waals surface area (Å²) in [6.07, 6.45) is 0.0218. The van der Waals surface area contributed by atoms with E-state index in [9.17, 15) is 4.79 Å². The van der Waals surface area contributed by atoms with Crippen LogP contribution in [0.25, 0.3) is 10.9 Å². The van der Waals surface area contributed by atoms with Gasteiger partial charge in [0.25, 0.3) is 5.91 Å². The second-order valence-corrected chi connectivity index (χ2v) is 5.41. The Labute approximate surface area is 134 Å². The number of nitrogens with one attached hydrogen (secondary N) is 1. The van der Waals surface area contributed by atoms with E-state index in [1.54, 1.807) is 12.1 Å². The van der Waals surface area contributed by atoms with Gasteiger partial charge in [0.05, 0.1) is 17.3 Å². The van der Waals surface area contributed by atoms with Gasteiger partial charge in [-0.15, -0.1) is 10.2 Å². The fraction of sp³-hybridized carbons (Fsp3) is 0.167. The van der Waals surface area contributed by atoms with Gasteiger partial charge < -0.3 is 10.1 Å². The molecule has 1 heterocycles. The molecule has 0 aliphatic rings. The van der Waals surface area contributed by atoms with Gasteiger partial charge in [-0.05, 0) is 38.1 Å². The van der Waals surface area contributed by atoms with E-state index >= 15 is 0 Å². The lowest BCUT2D eigenvalue weighted by molar-refractivity contribution is 0.102. The molecule has 0 aliphatic heterocycles. The van der Waals surface area contributed by atoms with Crippen LogP contribution >= 0.6 is 0 Å². The minimum atomic E-state index is -0.317. The number of fused-ring (bicyclic) bond motifs is 1. The van der Waals surface area contributed by atoms with Crippen molar-refractivity contribution in [2.75, 3.05) is 5.32 Å². The molecule has 0 saturated heterocycles. The number of rotatable bonds is 4. The van der Waals surface area contributed by atoms with Crippen LogP contribution in [-0.2, 0) is 0 Å². The van der Waals surface area contributed by atoms with Crippen molar-refractivity contribution >= 4 is 22.5 Å². The number of aromatic nitrogens is 2. The molecule has 5 nitrogen and oxygen atoms in total. The topological polar surface area (TPSA) is 64.1 Å². The molecule has 0 aliphatic carbocycles. The number of ether oxygens (including phenoxy) is 1. The monoisotopic (exact) mass is 307 g/mol. The molecular formula is C18H17N3O2. The fourth-order valence-corrected chi connectivity index (χ4v) is 2.21. The zero-order chi connectivity index (χ0) is 16.2. The molecular weight excluding hydrogens is 290 g/mol. The van der Waals surface area contributed by atoms with E-state index in [1.807, 2.05) is 56.3 Å². The Balaban J connectivity index is 1.86. The average Bonchev–Trinajstić information content (AvgIpc) is 2.55. The van der Waals surface area contributed by atoms with E-state index in [4.69, 9.17) is 4.74 Å². The molecule has 2 aromatic carbocycles. The molecule has 1 N–H and O–H groups in total. The molecule has 23 heavy (non-hydrogen) atoms. The fourth-order valence-electron chi connectivity index (χ4n) is 2.21. The highest BCUT2D eigenvalue weighted by molar-refractivity contribution is 6.05. The first-order valence-electron chi connectivity index (χ1n) is 7.43. The van der Waals surface area contributed by atoms with Crippen LogP contribution in [0.1, 0.15) is 24.3 Å². The van der Waals surface area contributed by atoms with Gasteiger partial charge in [-0.1, -0.05) is 30.3 Å². The van der Waals surface area contributed by atoms with Gasteiger partial charge in [0.2, 0.25) is 0 Å². The number of amides is 1. The van der Waals surface area contributed by atoms with Crippen LogP contribution in [0.4, 0.5) is 5.69 Å². The Morgan fingerprint density at radius 1 is 1.04 bits per heavy atom. The van der Waals surface area contributed by atoms with Gasteiger partial charge in [0.1, 0.15) is 5.75 Å². The standard InChI is InChI=1S/C18H17N3O2/c1-12(2)23-17-10-6-5-9-15(17)19-18(22)16-11-13-7-3-4-8-14(13)20-21-16/h3-12H,1-2H3,(H,19,22). The minimum absolute atomic E-state index is 0.0218. The molecule has 5 heteroatoms. The zero-order valence-electron chi connectivity index (χ0n) is 13.0. The van der Waals surface area contributed by atoms with E-state index in [-0.39, 0.29) is 17.7 Å². The second-order valence-electron chi connectivity index (χ2n) is 5.41. The highest BCUT2D eigenvalue weighted by Crippen LogP contribution is 2.25. The summed E-state index contributed by atoms with van der Waals surface area (Å²) in [5, 5.41) is 11.8. The van der Waals surface area contributed by atoms with Crippen LogP contribution in [0.3, 0.4) is 0 Å². The van der Waals surface area contributed by atoms with Crippen LogP contribution in [0.5, 0.6) is 5.75 Å². The number of para-hydroxylation sites is 2. The van der Waals surface area contributed by atoms with E-state index < -0.39 is 0 Å². The van der Waals surface area contributed by atoms with Crippen molar-refractivity contribution in [2.24, 2.45) is 0 Å². The molecule has 0 spiro atoms. The largest absolute Gasteiger partial charge is 0.489 e. The van der Waals surface area contributed by atoms with Crippen LogP contribution in [0.15, 0.2) is 54.6 Å². The molecule has 0 fully saturated rings. The summed E-state index contributed by atoms with van der Waals surface area (Å²) >= 11 is 0. The molecule has 1 amide bonds. The van der Waals surface area contributed by atoms with Crippen LogP contribution in [0.2, 0.25) is 0 Å². The van der Waals surface area contributed by atoms with Gasteiger partial charge in [-0.3, -0.25) is 4.79 Å². The molecule has 1 aromatic heterocycles. The Morgan fingerprint density at radius 2 is 1.78 bits per heavy atom. The van der Waals surface area contributed by atoms with Crippen molar-refractivity contribution in [1.29, 1.82) is 0 Å². The Kier molecular flexibility index (Phi) is 4.19. The van der Waals surface area contributed by atoms with Crippen molar-refractivity contribution < 1.29 is 9.53 Å². The number of benzene rings is 2. The van der Waals surface area contributed by atoms with Crippen molar-refractivity contribution in [3.63, 3.8) is 0 Å². The quantitative estimate of drug-likeness (QED) is 0.798. The number of hydrogen-bond donors (Lipinski definition) is 1. The maximum atomic E-state index is 12.4. The first-order valence-corrected chi connectivity index (χ1v) is 7.43. The van der Waals surface area contributed by atoms with Gasteiger partial charge in [0, 0.05) is 5.39 Å². The van der Waals surface area contributed by atoms with Crippen LogP contribution in [-0.4, -0.2) is 22.2 Å². The van der Waals surface area contributed by atoms with E-state index in [0.717, 1.165) is 10.9 Å². The predicted molar refractivity (Wildman–Crippen MR) is 89.7 cm³/mol. The minimum Gasteiger partial charge on any atom is -0.489 e. The molecule has 0 radical (unpaired) electrons. The summed E-state index contributed by atoms with van der Waals surface area (Å²) in [6, 6.07) is 16.6. The van der Waals surface area contributed by atoms with E-state index in [2.05, 4.69) is 15.5 Å². The van der Waals surface area contributed by atoms with Crippen molar-refractivity contribution in [1.82, 2.24) is 10.2 Å².